The molecule has 0 saturated heterocycles. The maximum Gasteiger partial charge on any atom is 0.221 e. The zero-order valence-electron chi connectivity index (χ0n) is 12.0. The number of benzene rings is 1. The summed E-state index contributed by atoms with van der Waals surface area (Å²) in [4.78, 5) is 12.3. The van der Waals surface area contributed by atoms with Gasteiger partial charge in [-0.15, -0.1) is 0 Å². The molecule has 2 heterocycles. The molecule has 1 aromatic carbocycles. The fourth-order valence-electron chi connectivity index (χ4n) is 2.35. The van der Waals surface area contributed by atoms with E-state index in [9.17, 15) is 0 Å². The minimum absolute atomic E-state index is 0.146. The van der Waals surface area contributed by atoms with E-state index in [1.165, 1.54) is 5.56 Å². The average Bonchev–Trinajstić information content (AvgIpc) is 2.96. The second-order valence-corrected chi connectivity index (χ2v) is 4.94. The van der Waals surface area contributed by atoms with Gasteiger partial charge in [-0.25, -0.2) is 4.98 Å². The van der Waals surface area contributed by atoms with Crippen LogP contribution in [0.25, 0.3) is 6.08 Å². The average molecular weight is 295 g/mol. The monoisotopic (exact) mass is 295 g/mol. The van der Waals surface area contributed by atoms with E-state index in [4.69, 9.17) is 10.8 Å². The minimum Gasteiger partial charge on any atom is -0.396 e. The maximum atomic E-state index is 8.90. The van der Waals surface area contributed by atoms with Crippen LogP contribution in [0.3, 0.4) is 0 Å². The van der Waals surface area contributed by atoms with E-state index in [0.717, 1.165) is 16.8 Å². The molecule has 3 rings (SSSR count). The van der Waals surface area contributed by atoms with E-state index in [2.05, 4.69) is 20.3 Å². The standard InChI is InChI=1S/C16H17N5O/c17-16-19-5-4-15(21-16)20-13-7-11(3-1-2-6-22)14-10-18-9-12(14)8-13/h1,3-5,7-9,22H,2,6,10H2,(H3,17,19,20,21)/b3-1+. The molecule has 0 bridgehead atoms. The summed E-state index contributed by atoms with van der Waals surface area (Å²) in [5, 5.41) is 12.1. The number of aliphatic hydroxyl groups excluding tert-OH is 1. The van der Waals surface area contributed by atoms with Crippen molar-refractivity contribution in [3.05, 3.63) is 47.2 Å². The van der Waals surface area contributed by atoms with Gasteiger partial charge in [0, 0.05) is 24.7 Å². The van der Waals surface area contributed by atoms with Crippen LogP contribution in [0.4, 0.5) is 17.5 Å². The summed E-state index contributed by atoms with van der Waals surface area (Å²) >= 11 is 0. The van der Waals surface area contributed by atoms with Crippen LogP contribution >= 0.6 is 0 Å². The Bertz CT molecular complexity index is 739. The van der Waals surface area contributed by atoms with E-state index in [-0.39, 0.29) is 12.6 Å². The van der Waals surface area contributed by atoms with Crippen LogP contribution in [0.5, 0.6) is 0 Å². The number of aliphatic imine (C=N–C) groups is 1. The zero-order chi connectivity index (χ0) is 15.4. The molecule has 0 unspecified atom stereocenters. The lowest BCUT2D eigenvalue weighted by Gasteiger charge is -2.10. The Labute approximate surface area is 128 Å². The topological polar surface area (TPSA) is 96.4 Å². The Morgan fingerprint density at radius 1 is 1.36 bits per heavy atom. The van der Waals surface area contributed by atoms with Gasteiger partial charge in [0.05, 0.1) is 6.54 Å². The molecule has 1 aliphatic rings. The molecule has 2 aromatic rings. The van der Waals surface area contributed by atoms with Gasteiger partial charge in [0.2, 0.25) is 5.95 Å². The maximum absolute atomic E-state index is 8.90. The largest absolute Gasteiger partial charge is 0.396 e. The number of rotatable bonds is 5. The van der Waals surface area contributed by atoms with Crippen molar-refractivity contribution < 1.29 is 5.11 Å². The molecule has 0 spiro atoms. The number of fused-ring (bicyclic) bond motifs is 1. The van der Waals surface area contributed by atoms with Crippen molar-refractivity contribution >= 4 is 29.7 Å². The predicted octanol–water partition coefficient (Wildman–Crippen LogP) is 2.13. The van der Waals surface area contributed by atoms with E-state index in [0.29, 0.717) is 18.8 Å². The van der Waals surface area contributed by atoms with Gasteiger partial charge in [-0.1, -0.05) is 12.2 Å². The molecule has 0 radical (unpaired) electrons. The summed E-state index contributed by atoms with van der Waals surface area (Å²) in [6, 6.07) is 5.84. The number of aromatic nitrogens is 2. The van der Waals surface area contributed by atoms with Crippen molar-refractivity contribution in [3.63, 3.8) is 0 Å². The highest BCUT2D eigenvalue weighted by molar-refractivity contribution is 5.89. The predicted molar refractivity (Wildman–Crippen MR) is 88.2 cm³/mol. The fraction of sp³-hybridized carbons (Fsp3) is 0.188. The number of hydrogen-bond acceptors (Lipinski definition) is 6. The van der Waals surface area contributed by atoms with Crippen molar-refractivity contribution in [1.29, 1.82) is 0 Å². The van der Waals surface area contributed by atoms with E-state index in [1.54, 1.807) is 12.3 Å². The highest BCUT2D eigenvalue weighted by Gasteiger charge is 2.12. The first-order chi connectivity index (χ1) is 10.8. The SMILES string of the molecule is Nc1nccc(Nc2cc3c(c(/C=C/CCO)c2)CN=C3)n1. The van der Waals surface area contributed by atoms with Gasteiger partial charge in [0.1, 0.15) is 5.82 Å². The van der Waals surface area contributed by atoms with E-state index < -0.39 is 0 Å². The molecule has 4 N–H and O–H groups in total. The zero-order valence-corrected chi connectivity index (χ0v) is 12.0. The molecule has 0 fully saturated rings. The lowest BCUT2D eigenvalue weighted by atomic mass is 10.0. The number of hydrogen-bond donors (Lipinski definition) is 3. The van der Waals surface area contributed by atoms with Crippen molar-refractivity contribution in [2.45, 2.75) is 13.0 Å². The summed E-state index contributed by atoms with van der Waals surface area (Å²) in [5.74, 6) is 0.878. The number of nitrogen functional groups attached to an aromatic ring is 1. The Kier molecular flexibility index (Phi) is 4.11. The molecule has 0 amide bonds. The summed E-state index contributed by atoms with van der Waals surface area (Å²) < 4.78 is 0. The summed E-state index contributed by atoms with van der Waals surface area (Å²) in [6.45, 7) is 0.836. The van der Waals surface area contributed by atoms with Crippen LogP contribution in [-0.2, 0) is 6.54 Å². The first-order valence-electron chi connectivity index (χ1n) is 7.06. The summed E-state index contributed by atoms with van der Waals surface area (Å²) in [5.41, 5.74) is 9.89. The molecule has 0 aliphatic carbocycles. The lowest BCUT2D eigenvalue weighted by molar-refractivity contribution is 0.303. The summed E-state index contributed by atoms with van der Waals surface area (Å²) in [6.07, 6.45) is 8.10. The van der Waals surface area contributed by atoms with Gasteiger partial charge >= 0.3 is 0 Å². The third kappa shape index (κ3) is 3.12. The lowest BCUT2D eigenvalue weighted by Crippen LogP contribution is -2.00. The molecule has 22 heavy (non-hydrogen) atoms. The molecule has 6 nitrogen and oxygen atoms in total. The number of anilines is 3. The van der Waals surface area contributed by atoms with Crippen molar-refractivity contribution in [2.75, 3.05) is 17.7 Å². The van der Waals surface area contributed by atoms with Gasteiger partial charge in [-0.05, 0) is 41.3 Å². The molecule has 1 aromatic heterocycles. The Hall–Kier alpha value is -2.73. The van der Waals surface area contributed by atoms with Crippen LogP contribution in [-0.4, -0.2) is 27.9 Å². The van der Waals surface area contributed by atoms with Crippen LogP contribution in [0.2, 0.25) is 0 Å². The molecule has 112 valence electrons. The van der Waals surface area contributed by atoms with Crippen molar-refractivity contribution in [3.8, 4) is 0 Å². The van der Waals surface area contributed by atoms with Gasteiger partial charge in [0.25, 0.3) is 0 Å². The van der Waals surface area contributed by atoms with Gasteiger partial charge in [-0.2, -0.15) is 4.98 Å². The number of nitrogens with zero attached hydrogens (tertiary/aromatic N) is 3. The first-order valence-corrected chi connectivity index (χ1v) is 7.06. The molecular formula is C16H17N5O. The fourth-order valence-corrected chi connectivity index (χ4v) is 2.35. The Morgan fingerprint density at radius 3 is 3.09 bits per heavy atom. The van der Waals surface area contributed by atoms with Crippen LogP contribution in [0.1, 0.15) is 23.1 Å². The highest BCUT2D eigenvalue weighted by Crippen LogP contribution is 2.27. The van der Waals surface area contributed by atoms with Crippen LogP contribution in [0.15, 0.2) is 35.5 Å². The normalized spacial score (nSPS) is 12.8. The third-order valence-corrected chi connectivity index (χ3v) is 3.34. The third-order valence-electron chi connectivity index (χ3n) is 3.34. The number of aliphatic hydroxyl groups is 1. The van der Waals surface area contributed by atoms with E-state index in [1.807, 2.05) is 30.5 Å². The minimum atomic E-state index is 0.146. The highest BCUT2D eigenvalue weighted by atomic mass is 16.2. The summed E-state index contributed by atoms with van der Waals surface area (Å²) in [7, 11) is 0. The number of nitrogens with two attached hydrogens (primary N) is 1. The molecule has 0 saturated carbocycles. The van der Waals surface area contributed by atoms with E-state index >= 15 is 0 Å². The Morgan fingerprint density at radius 2 is 2.27 bits per heavy atom. The molecule has 1 aliphatic heterocycles. The second kappa shape index (κ2) is 6.36. The van der Waals surface area contributed by atoms with Crippen molar-refractivity contribution in [2.24, 2.45) is 4.99 Å². The van der Waals surface area contributed by atoms with Crippen molar-refractivity contribution in [1.82, 2.24) is 9.97 Å². The smallest absolute Gasteiger partial charge is 0.221 e. The first kappa shape index (κ1) is 14.2. The Balaban J connectivity index is 1.91. The second-order valence-electron chi connectivity index (χ2n) is 4.94. The van der Waals surface area contributed by atoms with Gasteiger partial charge < -0.3 is 16.2 Å². The molecule has 0 atom stereocenters. The van der Waals surface area contributed by atoms with Crippen LogP contribution < -0.4 is 11.1 Å². The van der Waals surface area contributed by atoms with Gasteiger partial charge in [0.15, 0.2) is 0 Å². The quantitative estimate of drug-likeness (QED) is 0.785. The van der Waals surface area contributed by atoms with Crippen LogP contribution in [0, 0.1) is 0 Å². The van der Waals surface area contributed by atoms with Gasteiger partial charge in [-0.3, -0.25) is 4.99 Å². The molecular weight excluding hydrogens is 278 g/mol. The number of nitrogens with one attached hydrogen (secondary N) is 1. The molecule has 6 heteroatoms.